The van der Waals surface area contributed by atoms with Crippen molar-refractivity contribution < 1.29 is 0 Å². The largest absolute Gasteiger partial charge is 0.329 e. The van der Waals surface area contributed by atoms with Gasteiger partial charge in [0.25, 0.3) is 0 Å². The lowest BCUT2D eigenvalue weighted by molar-refractivity contribution is 0.273. The second kappa shape index (κ2) is 6.66. The minimum absolute atomic E-state index is 0.741. The van der Waals surface area contributed by atoms with Gasteiger partial charge in [-0.15, -0.1) is 0 Å². The first kappa shape index (κ1) is 13.2. The van der Waals surface area contributed by atoms with Crippen molar-refractivity contribution in [2.24, 2.45) is 5.73 Å². The molecular formula is C14H24N2. The maximum Gasteiger partial charge on any atom is 0.0234 e. The van der Waals surface area contributed by atoms with E-state index in [-0.39, 0.29) is 0 Å². The van der Waals surface area contributed by atoms with Crippen LogP contribution in [0, 0.1) is 13.8 Å². The molecule has 2 N–H and O–H groups in total. The zero-order valence-corrected chi connectivity index (χ0v) is 10.8. The minimum Gasteiger partial charge on any atom is -0.329 e. The number of aryl methyl sites for hydroxylation is 2. The van der Waals surface area contributed by atoms with Gasteiger partial charge in [0.2, 0.25) is 0 Å². The van der Waals surface area contributed by atoms with Crippen LogP contribution in [0.2, 0.25) is 0 Å². The molecule has 0 fully saturated rings. The van der Waals surface area contributed by atoms with Crippen LogP contribution in [0.4, 0.5) is 0 Å². The fraction of sp³-hybridized carbons (Fsp3) is 0.571. The smallest absolute Gasteiger partial charge is 0.0234 e. The maximum absolute atomic E-state index is 5.63. The second-order valence-corrected chi connectivity index (χ2v) is 4.56. The van der Waals surface area contributed by atoms with Gasteiger partial charge in [0.05, 0.1) is 0 Å². The Kier molecular flexibility index (Phi) is 5.50. The number of hydrogen-bond donors (Lipinski definition) is 1. The van der Waals surface area contributed by atoms with Gasteiger partial charge in [0.1, 0.15) is 0 Å². The van der Waals surface area contributed by atoms with Crippen molar-refractivity contribution in [1.82, 2.24) is 4.90 Å². The van der Waals surface area contributed by atoms with Crippen LogP contribution >= 0.6 is 0 Å². The van der Waals surface area contributed by atoms with Crippen LogP contribution in [-0.2, 0) is 6.54 Å². The van der Waals surface area contributed by atoms with E-state index in [4.69, 9.17) is 5.73 Å². The standard InChI is InChI=1S/C14H24N2/c1-4-6-16(7-5-15)11-14-9-12(2)8-13(3)10-14/h8-10H,4-7,11,15H2,1-3H3. The van der Waals surface area contributed by atoms with Crippen molar-refractivity contribution >= 4 is 0 Å². The average molecular weight is 220 g/mol. The fourth-order valence-corrected chi connectivity index (χ4v) is 2.19. The molecule has 0 spiro atoms. The molecule has 0 radical (unpaired) electrons. The molecule has 0 unspecified atom stereocenters. The lowest BCUT2D eigenvalue weighted by Gasteiger charge is -2.21. The zero-order chi connectivity index (χ0) is 12.0. The Labute approximate surface area is 99.5 Å². The molecule has 0 saturated carbocycles. The van der Waals surface area contributed by atoms with E-state index >= 15 is 0 Å². The molecule has 0 atom stereocenters. The van der Waals surface area contributed by atoms with Crippen molar-refractivity contribution in [2.75, 3.05) is 19.6 Å². The summed E-state index contributed by atoms with van der Waals surface area (Å²) in [4.78, 5) is 2.42. The Morgan fingerprint density at radius 3 is 2.19 bits per heavy atom. The number of nitrogens with two attached hydrogens (primary N) is 1. The Balaban J connectivity index is 2.68. The Morgan fingerprint density at radius 1 is 1.06 bits per heavy atom. The summed E-state index contributed by atoms with van der Waals surface area (Å²) >= 11 is 0. The maximum atomic E-state index is 5.63. The molecule has 2 heteroatoms. The van der Waals surface area contributed by atoms with Crippen LogP contribution in [0.25, 0.3) is 0 Å². The van der Waals surface area contributed by atoms with Gasteiger partial charge in [-0.1, -0.05) is 36.2 Å². The van der Waals surface area contributed by atoms with Gasteiger partial charge in [-0.05, 0) is 32.4 Å². The molecule has 2 nitrogen and oxygen atoms in total. The van der Waals surface area contributed by atoms with Gasteiger partial charge in [0.15, 0.2) is 0 Å². The molecule has 0 aromatic heterocycles. The highest BCUT2D eigenvalue weighted by molar-refractivity contribution is 5.28. The minimum atomic E-state index is 0.741. The third kappa shape index (κ3) is 4.33. The first-order valence-corrected chi connectivity index (χ1v) is 6.15. The van der Waals surface area contributed by atoms with Gasteiger partial charge < -0.3 is 5.73 Å². The van der Waals surface area contributed by atoms with Crippen LogP contribution in [0.1, 0.15) is 30.0 Å². The Bertz CT molecular complexity index is 294. The fourth-order valence-electron chi connectivity index (χ4n) is 2.19. The highest BCUT2D eigenvalue weighted by atomic mass is 15.1. The summed E-state index contributed by atoms with van der Waals surface area (Å²) in [6, 6.07) is 6.76. The molecule has 0 heterocycles. The van der Waals surface area contributed by atoms with Crippen molar-refractivity contribution in [3.05, 3.63) is 34.9 Å². The molecule has 90 valence electrons. The molecule has 1 aromatic rings. The molecule has 16 heavy (non-hydrogen) atoms. The normalized spacial score (nSPS) is 11.1. The predicted octanol–water partition coefficient (Wildman–Crippen LogP) is 2.47. The van der Waals surface area contributed by atoms with E-state index in [9.17, 15) is 0 Å². The summed E-state index contributed by atoms with van der Waals surface area (Å²) in [6.45, 7) is 10.4. The Hall–Kier alpha value is -0.860. The predicted molar refractivity (Wildman–Crippen MR) is 70.5 cm³/mol. The molecule has 0 amide bonds. The summed E-state index contributed by atoms with van der Waals surface area (Å²) in [5, 5.41) is 0. The molecule has 0 aliphatic heterocycles. The molecule has 0 bridgehead atoms. The second-order valence-electron chi connectivity index (χ2n) is 4.56. The molecule has 0 aliphatic carbocycles. The highest BCUT2D eigenvalue weighted by Gasteiger charge is 2.04. The van der Waals surface area contributed by atoms with Gasteiger partial charge in [-0.25, -0.2) is 0 Å². The van der Waals surface area contributed by atoms with E-state index in [1.165, 1.54) is 23.1 Å². The third-order valence-corrected chi connectivity index (χ3v) is 2.67. The van der Waals surface area contributed by atoms with E-state index in [2.05, 4.69) is 43.9 Å². The molecule has 0 saturated heterocycles. The molecule has 0 aliphatic rings. The van der Waals surface area contributed by atoms with E-state index in [1.807, 2.05) is 0 Å². The van der Waals surface area contributed by atoms with Crippen molar-refractivity contribution in [3.63, 3.8) is 0 Å². The molecule has 1 rings (SSSR count). The molecule has 1 aromatic carbocycles. The Morgan fingerprint density at radius 2 is 1.69 bits per heavy atom. The van der Waals surface area contributed by atoms with Gasteiger partial charge in [-0.2, -0.15) is 0 Å². The van der Waals surface area contributed by atoms with Crippen molar-refractivity contribution in [3.8, 4) is 0 Å². The lowest BCUT2D eigenvalue weighted by Crippen LogP contribution is -2.29. The monoisotopic (exact) mass is 220 g/mol. The van der Waals surface area contributed by atoms with Crippen LogP contribution < -0.4 is 5.73 Å². The highest BCUT2D eigenvalue weighted by Crippen LogP contribution is 2.11. The molecular weight excluding hydrogens is 196 g/mol. The van der Waals surface area contributed by atoms with Gasteiger partial charge in [-0.3, -0.25) is 4.90 Å². The summed E-state index contributed by atoms with van der Waals surface area (Å²) in [5.74, 6) is 0. The SMILES string of the molecule is CCCN(CCN)Cc1cc(C)cc(C)c1. The first-order valence-electron chi connectivity index (χ1n) is 6.15. The number of rotatable bonds is 6. The van der Waals surface area contributed by atoms with Crippen molar-refractivity contribution in [1.29, 1.82) is 0 Å². The topological polar surface area (TPSA) is 29.3 Å². The summed E-state index contributed by atoms with van der Waals surface area (Å²) < 4.78 is 0. The quantitative estimate of drug-likeness (QED) is 0.798. The van der Waals surface area contributed by atoms with E-state index < -0.39 is 0 Å². The van der Waals surface area contributed by atoms with Crippen LogP contribution in [0.5, 0.6) is 0 Å². The van der Waals surface area contributed by atoms with E-state index in [0.29, 0.717) is 0 Å². The van der Waals surface area contributed by atoms with E-state index in [1.54, 1.807) is 0 Å². The van der Waals surface area contributed by atoms with E-state index in [0.717, 1.165) is 26.2 Å². The van der Waals surface area contributed by atoms with Gasteiger partial charge >= 0.3 is 0 Å². The van der Waals surface area contributed by atoms with Crippen LogP contribution in [0.15, 0.2) is 18.2 Å². The summed E-state index contributed by atoms with van der Waals surface area (Å²) in [6.07, 6.45) is 1.19. The van der Waals surface area contributed by atoms with Crippen LogP contribution in [-0.4, -0.2) is 24.5 Å². The number of nitrogens with zero attached hydrogens (tertiary/aromatic N) is 1. The lowest BCUT2D eigenvalue weighted by atomic mass is 10.1. The van der Waals surface area contributed by atoms with Crippen LogP contribution in [0.3, 0.4) is 0 Å². The zero-order valence-electron chi connectivity index (χ0n) is 10.8. The summed E-state index contributed by atoms with van der Waals surface area (Å²) in [5.41, 5.74) is 9.73. The average Bonchev–Trinajstić information content (AvgIpc) is 2.16. The number of hydrogen-bond acceptors (Lipinski definition) is 2. The third-order valence-electron chi connectivity index (χ3n) is 2.67. The van der Waals surface area contributed by atoms with Gasteiger partial charge in [0, 0.05) is 19.6 Å². The van der Waals surface area contributed by atoms with Crippen molar-refractivity contribution in [2.45, 2.75) is 33.7 Å². The summed E-state index contributed by atoms with van der Waals surface area (Å²) in [7, 11) is 0. The number of benzene rings is 1. The first-order chi connectivity index (χ1) is 7.65.